The maximum absolute atomic E-state index is 12.1. The lowest BCUT2D eigenvalue weighted by Crippen LogP contribution is -2.19. The van der Waals surface area contributed by atoms with Crippen LogP contribution in [-0.4, -0.2) is 33.2 Å². The smallest absolute Gasteiger partial charge is 0.247 e. The van der Waals surface area contributed by atoms with Crippen LogP contribution in [0.2, 0.25) is 0 Å². The number of hydrazone groups is 1. The first-order valence-electron chi connectivity index (χ1n) is 9.08. The summed E-state index contributed by atoms with van der Waals surface area (Å²) in [7, 11) is 0. The van der Waals surface area contributed by atoms with E-state index in [1.165, 1.54) is 11.3 Å². The number of rotatable bonds is 8. The first-order chi connectivity index (χ1) is 13.6. The Morgan fingerprint density at radius 2 is 2.07 bits per heavy atom. The Hall–Kier alpha value is -3.07. The highest BCUT2D eigenvalue weighted by Crippen LogP contribution is 2.20. The molecule has 2 heterocycles. The Bertz CT molecular complexity index is 1010. The molecule has 0 atom stereocenters. The van der Waals surface area contributed by atoms with Crippen molar-refractivity contribution in [1.82, 2.24) is 20.6 Å². The van der Waals surface area contributed by atoms with E-state index in [1.54, 1.807) is 6.21 Å². The predicted octanol–water partition coefficient (Wildman–Crippen LogP) is 3.15. The molecule has 3 aromatic rings. The van der Waals surface area contributed by atoms with Crippen LogP contribution in [0.4, 0.5) is 5.13 Å². The van der Waals surface area contributed by atoms with Gasteiger partial charge in [-0.2, -0.15) is 5.10 Å². The molecule has 0 unspecified atom stereocenters. The summed E-state index contributed by atoms with van der Waals surface area (Å²) in [4.78, 5) is 27.1. The highest BCUT2D eigenvalue weighted by atomic mass is 32.1. The van der Waals surface area contributed by atoms with Crippen molar-refractivity contribution in [3.05, 3.63) is 40.5 Å². The van der Waals surface area contributed by atoms with Gasteiger partial charge in [-0.25, -0.2) is 5.43 Å². The van der Waals surface area contributed by atoms with Crippen LogP contribution in [-0.2, 0) is 16.0 Å². The molecule has 0 aliphatic carbocycles. The van der Waals surface area contributed by atoms with Crippen LogP contribution in [0.3, 0.4) is 0 Å². The van der Waals surface area contributed by atoms with Crippen LogP contribution < -0.4 is 10.7 Å². The van der Waals surface area contributed by atoms with Crippen molar-refractivity contribution in [2.45, 2.75) is 39.5 Å². The van der Waals surface area contributed by atoms with Gasteiger partial charge in [0, 0.05) is 28.6 Å². The number of para-hydroxylation sites is 1. The predicted molar refractivity (Wildman–Crippen MR) is 111 cm³/mol. The van der Waals surface area contributed by atoms with Crippen LogP contribution >= 0.6 is 11.3 Å². The van der Waals surface area contributed by atoms with Gasteiger partial charge in [0.1, 0.15) is 5.01 Å². The first kappa shape index (κ1) is 19.7. The lowest BCUT2D eigenvalue weighted by molar-refractivity contribution is -0.120. The van der Waals surface area contributed by atoms with E-state index in [9.17, 15) is 9.59 Å². The highest BCUT2D eigenvalue weighted by molar-refractivity contribution is 7.15. The molecule has 2 amide bonds. The fourth-order valence-electron chi connectivity index (χ4n) is 2.71. The van der Waals surface area contributed by atoms with E-state index >= 15 is 0 Å². The average molecular weight is 398 g/mol. The highest BCUT2D eigenvalue weighted by Gasteiger charge is 2.11. The number of unbranched alkanes of at least 4 members (excludes halogenated alkanes) is 1. The molecule has 0 aliphatic heterocycles. The standard InChI is InChI=1S/C19H22N6O2S/c1-3-4-9-16(26)22-19-25-24-18(28-19)10-17(27)23-20-11-14-12(2)21-15-8-6-5-7-13(14)15/h5-8,11,21H,3-4,9-10H2,1-2H3,(H,23,27)(H,22,25,26)/b20-11+. The lowest BCUT2D eigenvalue weighted by atomic mass is 10.1. The molecule has 0 aliphatic rings. The quantitative estimate of drug-likeness (QED) is 0.400. The van der Waals surface area contributed by atoms with Crippen LogP contribution in [0.15, 0.2) is 29.4 Å². The number of nitrogens with zero attached hydrogens (tertiary/aromatic N) is 3. The molecular weight excluding hydrogens is 376 g/mol. The molecule has 146 valence electrons. The molecule has 0 bridgehead atoms. The number of aromatic amines is 1. The van der Waals surface area contributed by atoms with E-state index in [2.05, 4.69) is 31.0 Å². The van der Waals surface area contributed by atoms with Gasteiger partial charge in [0.05, 0.1) is 12.6 Å². The van der Waals surface area contributed by atoms with E-state index in [-0.39, 0.29) is 18.2 Å². The lowest BCUT2D eigenvalue weighted by Gasteiger charge is -1.98. The third kappa shape index (κ3) is 5.01. The summed E-state index contributed by atoms with van der Waals surface area (Å²) in [6.45, 7) is 3.98. The molecule has 28 heavy (non-hydrogen) atoms. The number of nitrogens with one attached hydrogen (secondary N) is 3. The number of aromatic nitrogens is 3. The molecule has 3 N–H and O–H groups in total. The van der Waals surface area contributed by atoms with Gasteiger partial charge in [0.15, 0.2) is 0 Å². The Labute approximate surface area is 166 Å². The van der Waals surface area contributed by atoms with Gasteiger partial charge in [-0.05, 0) is 19.4 Å². The first-order valence-corrected chi connectivity index (χ1v) is 9.90. The maximum Gasteiger partial charge on any atom is 0.247 e. The Balaban J connectivity index is 1.54. The number of benzene rings is 1. The second-order valence-corrected chi connectivity index (χ2v) is 7.39. The van der Waals surface area contributed by atoms with Gasteiger partial charge < -0.3 is 10.3 Å². The zero-order chi connectivity index (χ0) is 19.9. The minimum Gasteiger partial charge on any atom is -0.358 e. The van der Waals surface area contributed by atoms with E-state index in [0.717, 1.165) is 35.0 Å². The second kappa shape index (κ2) is 9.23. The summed E-state index contributed by atoms with van der Waals surface area (Å²) in [6.07, 6.45) is 3.91. The SMILES string of the molecule is CCCCC(=O)Nc1nnc(CC(=O)N/N=C/c2c(C)[nH]c3ccccc23)s1. The van der Waals surface area contributed by atoms with Crippen LogP contribution in [0.1, 0.15) is 42.5 Å². The van der Waals surface area contributed by atoms with Crippen LogP contribution in [0.25, 0.3) is 10.9 Å². The summed E-state index contributed by atoms with van der Waals surface area (Å²) in [5.74, 6) is -0.388. The van der Waals surface area contributed by atoms with Gasteiger partial charge >= 0.3 is 0 Å². The van der Waals surface area contributed by atoms with Gasteiger partial charge in [0.2, 0.25) is 16.9 Å². The molecule has 3 rings (SSSR count). The second-order valence-electron chi connectivity index (χ2n) is 6.33. The number of hydrogen-bond donors (Lipinski definition) is 3. The maximum atomic E-state index is 12.1. The van der Waals surface area contributed by atoms with Gasteiger partial charge in [-0.3, -0.25) is 9.59 Å². The number of carbonyl (C=O) groups excluding carboxylic acids is 2. The van der Waals surface area contributed by atoms with Crippen molar-refractivity contribution >= 4 is 45.4 Å². The third-order valence-corrected chi connectivity index (χ3v) is 4.95. The van der Waals surface area contributed by atoms with Crippen LogP contribution in [0, 0.1) is 6.92 Å². The number of amides is 2. The van der Waals surface area contributed by atoms with Gasteiger partial charge in [-0.1, -0.05) is 42.9 Å². The van der Waals surface area contributed by atoms with Crippen molar-refractivity contribution in [2.24, 2.45) is 5.10 Å². The van der Waals surface area contributed by atoms with Gasteiger partial charge in [0.25, 0.3) is 0 Å². The number of fused-ring (bicyclic) bond motifs is 1. The number of anilines is 1. The van der Waals surface area contributed by atoms with Crippen LogP contribution in [0.5, 0.6) is 0 Å². The number of hydrogen-bond acceptors (Lipinski definition) is 6. The van der Waals surface area contributed by atoms with E-state index in [0.29, 0.717) is 16.6 Å². The number of carbonyl (C=O) groups is 2. The molecule has 8 nitrogen and oxygen atoms in total. The largest absolute Gasteiger partial charge is 0.358 e. The summed E-state index contributed by atoms with van der Waals surface area (Å²) in [5.41, 5.74) is 5.44. The summed E-state index contributed by atoms with van der Waals surface area (Å²) in [5, 5.41) is 16.6. The fraction of sp³-hybridized carbons (Fsp3) is 0.316. The number of aryl methyl sites for hydroxylation is 1. The van der Waals surface area contributed by atoms with E-state index in [4.69, 9.17) is 0 Å². The van der Waals surface area contributed by atoms with Crippen molar-refractivity contribution < 1.29 is 9.59 Å². The fourth-order valence-corrected chi connectivity index (χ4v) is 3.46. The molecule has 9 heteroatoms. The summed E-state index contributed by atoms with van der Waals surface area (Å²) < 4.78 is 0. The Morgan fingerprint density at radius 1 is 1.25 bits per heavy atom. The number of H-pyrrole nitrogens is 1. The molecule has 0 spiro atoms. The van der Waals surface area contributed by atoms with Crippen molar-refractivity contribution in [3.8, 4) is 0 Å². The van der Waals surface area contributed by atoms with Crippen molar-refractivity contribution in [1.29, 1.82) is 0 Å². The van der Waals surface area contributed by atoms with Gasteiger partial charge in [-0.15, -0.1) is 10.2 Å². The Kier molecular flexibility index (Phi) is 6.49. The molecular formula is C19H22N6O2S. The minimum absolute atomic E-state index is 0.0483. The molecule has 0 fully saturated rings. The molecule has 2 aromatic heterocycles. The molecule has 0 radical (unpaired) electrons. The normalized spacial score (nSPS) is 11.2. The zero-order valence-corrected chi connectivity index (χ0v) is 16.6. The summed E-state index contributed by atoms with van der Waals surface area (Å²) >= 11 is 1.19. The minimum atomic E-state index is -0.297. The molecule has 1 aromatic carbocycles. The molecule has 0 saturated heterocycles. The van der Waals surface area contributed by atoms with Crippen molar-refractivity contribution in [3.63, 3.8) is 0 Å². The Morgan fingerprint density at radius 3 is 2.89 bits per heavy atom. The zero-order valence-electron chi connectivity index (χ0n) is 15.8. The summed E-state index contributed by atoms with van der Waals surface area (Å²) in [6, 6.07) is 7.91. The topological polar surface area (TPSA) is 112 Å². The van der Waals surface area contributed by atoms with Crippen molar-refractivity contribution in [2.75, 3.05) is 5.32 Å². The van der Waals surface area contributed by atoms with E-state index < -0.39 is 0 Å². The average Bonchev–Trinajstić information content (AvgIpc) is 3.23. The molecule has 0 saturated carbocycles. The third-order valence-electron chi connectivity index (χ3n) is 4.11. The van der Waals surface area contributed by atoms with E-state index in [1.807, 2.05) is 38.1 Å². The monoisotopic (exact) mass is 398 g/mol.